The summed E-state index contributed by atoms with van der Waals surface area (Å²) in [5.74, 6) is 0.692. The van der Waals surface area contributed by atoms with E-state index in [2.05, 4.69) is 23.1 Å². The first-order valence-corrected chi connectivity index (χ1v) is 7.43. The third-order valence-electron chi connectivity index (χ3n) is 4.13. The molecule has 0 saturated heterocycles. The Morgan fingerprint density at radius 1 is 1.23 bits per heavy atom. The standard InChI is InChI=1S/C18H20N2O2/c1-22-18-7-6-14(10-16(18)19)17(21)12-20-9-8-13-4-2-3-5-15(13)11-20/h2-7,10H,8-9,11-12,19H2,1H3. The third kappa shape index (κ3) is 2.97. The van der Waals surface area contributed by atoms with Crippen molar-refractivity contribution in [3.63, 3.8) is 0 Å². The molecule has 0 radical (unpaired) electrons. The maximum Gasteiger partial charge on any atom is 0.176 e. The van der Waals surface area contributed by atoms with Crippen molar-refractivity contribution in [2.24, 2.45) is 0 Å². The van der Waals surface area contributed by atoms with Crippen LogP contribution >= 0.6 is 0 Å². The van der Waals surface area contributed by atoms with E-state index in [1.165, 1.54) is 11.1 Å². The lowest BCUT2D eigenvalue weighted by molar-refractivity contribution is 0.0921. The van der Waals surface area contributed by atoms with Gasteiger partial charge in [-0.05, 0) is 35.7 Å². The minimum Gasteiger partial charge on any atom is -0.495 e. The van der Waals surface area contributed by atoms with Gasteiger partial charge in [0.15, 0.2) is 5.78 Å². The summed E-state index contributed by atoms with van der Waals surface area (Å²) in [5.41, 5.74) is 9.71. The number of nitrogens with zero attached hydrogens (tertiary/aromatic N) is 1. The largest absolute Gasteiger partial charge is 0.495 e. The van der Waals surface area contributed by atoms with Crippen LogP contribution in [0, 0.1) is 0 Å². The molecule has 0 bridgehead atoms. The molecule has 3 rings (SSSR count). The molecule has 0 atom stereocenters. The number of ketones is 1. The van der Waals surface area contributed by atoms with Crippen molar-refractivity contribution in [2.45, 2.75) is 13.0 Å². The zero-order chi connectivity index (χ0) is 15.5. The predicted octanol–water partition coefficient (Wildman–Crippen LogP) is 2.52. The summed E-state index contributed by atoms with van der Waals surface area (Å²) < 4.78 is 5.12. The van der Waals surface area contributed by atoms with Crippen molar-refractivity contribution in [3.8, 4) is 5.75 Å². The molecule has 0 saturated carbocycles. The van der Waals surface area contributed by atoms with Crippen LogP contribution in [0.4, 0.5) is 5.69 Å². The Morgan fingerprint density at radius 3 is 2.73 bits per heavy atom. The van der Waals surface area contributed by atoms with E-state index in [9.17, 15) is 4.79 Å². The smallest absolute Gasteiger partial charge is 0.176 e. The average molecular weight is 296 g/mol. The van der Waals surface area contributed by atoms with Gasteiger partial charge in [-0.25, -0.2) is 0 Å². The van der Waals surface area contributed by atoms with Crippen LogP contribution in [0.3, 0.4) is 0 Å². The Bertz CT molecular complexity index is 697. The van der Waals surface area contributed by atoms with E-state index in [-0.39, 0.29) is 5.78 Å². The molecule has 1 heterocycles. The molecule has 4 heteroatoms. The van der Waals surface area contributed by atoms with Gasteiger partial charge in [-0.2, -0.15) is 0 Å². The van der Waals surface area contributed by atoms with Crippen LogP contribution in [0.1, 0.15) is 21.5 Å². The summed E-state index contributed by atoms with van der Waals surface area (Å²) in [6, 6.07) is 13.6. The van der Waals surface area contributed by atoms with Crippen molar-refractivity contribution in [1.29, 1.82) is 0 Å². The molecule has 0 amide bonds. The number of benzene rings is 2. The number of nitrogen functional groups attached to an aromatic ring is 1. The maximum absolute atomic E-state index is 12.4. The van der Waals surface area contributed by atoms with Gasteiger partial charge < -0.3 is 10.5 Å². The summed E-state index contributed by atoms with van der Waals surface area (Å²) in [4.78, 5) is 14.6. The number of anilines is 1. The molecule has 0 aromatic heterocycles. The summed E-state index contributed by atoms with van der Waals surface area (Å²) >= 11 is 0. The van der Waals surface area contributed by atoms with Crippen LogP contribution in [0.25, 0.3) is 0 Å². The van der Waals surface area contributed by atoms with Gasteiger partial charge in [0.2, 0.25) is 0 Å². The molecule has 1 aliphatic heterocycles. The molecule has 114 valence electrons. The monoisotopic (exact) mass is 296 g/mol. The molecule has 0 unspecified atom stereocenters. The Kier molecular flexibility index (Phi) is 4.11. The number of ether oxygens (including phenoxy) is 1. The van der Waals surface area contributed by atoms with Gasteiger partial charge in [-0.15, -0.1) is 0 Å². The van der Waals surface area contributed by atoms with E-state index in [4.69, 9.17) is 10.5 Å². The van der Waals surface area contributed by atoms with Gasteiger partial charge in [0.05, 0.1) is 19.3 Å². The number of hydrogen-bond donors (Lipinski definition) is 1. The fraction of sp³-hybridized carbons (Fsp3) is 0.278. The molecule has 0 spiro atoms. The second-order valence-electron chi connectivity index (χ2n) is 5.61. The fourth-order valence-electron chi connectivity index (χ4n) is 2.89. The highest BCUT2D eigenvalue weighted by molar-refractivity contribution is 5.98. The minimum absolute atomic E-state index is 0.0914. The van der Waals surface area contributed by atoms with Crippen LogP contribution in [-0.2, 0) is 13.0 Å². The second kappa shape index (κ2) is 6.20. The first kappa shape index (κ1) is 14.6. The highest BCUT2D eigenvalue weighted by Gasteiger charge is 2.19. The summed E-state index contributed by atoms with van der Waals surface area (Å²) in [6.07, 6.45) is 0.994. The Labute approximate surface area is 130 Å². The predicted molar refractivity (Wildman–Crippen MR) is 87.2 cm³/mol. The highest BCUT2D eigenvalue weighted by atomic mass is 16.5. The number of hydrogen-bond acceptors (Lipinski definition) is 4. The average Bonchev–Trinajstić information content (AvgIpc) is 2.54. The van der Waals surface area contributed by atoms with E-state index in [0.717, 1.165) is 19.5 Å². The lowest BCUT2D eigenvalue weighted by atomic mass is 9.99. The van der Waals surface area contributed by atoms with Crippen LogP contribution in [0.2, 0.25) is 0 Å². The number of carbonyl (C=O) groups excluding carboxylic acids is 1. The molecule has 4 nitrogen and oxygen atoms in total. The molecule has 0 aliphatic carbocycles. The van der Waals surface area contributed by atoms with Crippen LogP contribution in [0.5, 0.6) is 5.75 Å². The number of methoxy groups -OCH3 is 1. The van der Waals surface area contributed by atoms with Crippen molar-refractivity contribution >= 4 is 11.5 Å². The number of Topliss-reactive ketones (excluding diaryl/α,β-unsaturated/α-hetero) is 1. The minimum atomic E-state index is 0.0914. The Hall–Kier alpha value is -2.33. The normalized spacial score (nSPS) is 14.4. The zero-order valence-corrected chi connectivity index (χ0v) is 12.7. The highest BCUT2D eigenvalue weighted by Crippen LogP contribution is 2.23. The Balaban J connectivity index is 1.69. The van der Waals surface area contributed by atoms with E-state index >= 15 is 0 Å². The SMILES string of the molecule is COc1ccc(C(=O)CN2CCc3ccccc3C2)cc1N. The van der Waals surface area contributed by atoms with E-state index in [1.807, 2.05) is 6.07 Å². The van der Waals surface area contributed by atoms with Crippen LogP contribution < -0.4 is 10.5 Å². The Morgan fingerprint density at radius 2 is 2.00 bits per heavy atom. The first-order valence-electron chi connectivity index (χ1n) is 7.43. The quantitative estimate of drug-likeness (QED) is 0.696. The van der Waals surface area contributed by atoms with Gasteiger partial charge in [-0.3, -0.25) is 9.69 Å². The van der Waals surface area contributed by atoms with E-state index in [1.54, 1.807) is 25.3 Å². The molecule has 22 heavy (non-hydrogen) atoms. The number of fused-ring (bicyclic) bond motifs is 1. The maximum atomic E-state index is 12.4. The molecule has 2 N–H and O–H groups in total. The number of carbonyl (C=O) groups is 1. The van der Waals surface area contributed by atoms with Gasteiger partial charge in [0.25, 0.3) is 0 Å². The van der Waals surface area contributed by atoms with Crippen molar-refractivity contribution in [2.75, 3.05) is 25.9 Å². The first-order chi connectivity index (χ1) is 10.7. The molecular weight excluding hydrogens is 276 g/mol. The van der Waals surface area contributed by atoms with Crippen molar-refractivity contribution < 1.29 is 9.53 Å². The van der Waals surface area contributed by atoms with Crippen molar-refractivity contribution in [3.05, 3.63) is 59.2 Å². The van der Waals surface area contributed by atoms with Crippen LogP contribution in [0.15, 0.2) is 42.5 Å². The van der Waals surface area contributed by atoms with Gasteiger partial charge in [0.1, 0.15) is 5.75 Å². The molecule has 1 aliphatic rings. The van der Waals surface area contributed by atoms with Gasteiger partial charge in [-0.1, -0.05) is 24.3 Å². The molecule has 2 aromatic carbocycles. The zero-order valence-electron chi connectivity index (χ0n) is 12.7. The molecular formula is C18H20N2O2. The molecule has 0 fully saturated rings. The summed E-state index contributed by atoms with van der Waals surface area (Å²) in [6.45, 7) is 2.15. The summed E-state index contributed by atoms with van der Waals surface area (Å²) in [5, 5.41) is 0. The fourth-order valence-corrected chi connectivity index (χ4v) is 2.89. The van der Waals surface area contributed by atoms with Gasteiger partial charge in [0, 0.05) is 18.7 Å². The van der Waals surface area contributed by atoms with Gasteiger partial charge >= 0.3 is 0 Å². The van der Waals surface area contributed by atoms with E-state index < -0.39 is 0 Å². The summed E-state index contributed by atoms with van der Waals surface area (Å²) in [7, 11) is 1.57. The lowest BCUT2D eigenvalue weighted by Gasteiger charge is -2.28. The number of nitrogens with two attached hydrogens (primary N) is 1. The number of rotatable bonds is 4. The lowest BCUT2D eigenvalue weighted by Crippen LogP contribution is -2.34. The van der Waals surface area contributed by atoms with Crippen molar-refractivity contribution in [1.82, 2.24) is 4.90 Å². The second-order valence-corrected chi connectivity index (χ2v) is 5.61. The topological polar surface area (TPSA) is 55.6 Å². The van der Waals surface area contributed by atoms with Crippen LogP contribution in [-0.4, -0.2) is 30.9 Å². The third-order valence-corrected chi connectivity index (χ3v) is 4.13. The molecule has 2 aromatic rings. The van der Waals surface area contributed by atoms with E-state index in [0.29, 0.717) is 23.5 Å².